The Labute approximate surface area is 56.4 Å². The molecule has 1 atom stereocenters. The Bertz CT molecular complexity index is 92.3. The molecule has 0 aromatic heterocycles. The minimum atomic E-state index is 0.396. The summed E-state index contributed by atoms with van der Waals surface area (Å²) in [5.41, 5.74) is 5.69. The average molecular weight is 129 g/mol. The van der Waals surface area contributed by atoms with E-state index in [1.165, 1.54) is 0 Å². The normalized spacial score (nSPS) is 30.0. The van der Waals surface area contributed by atoms with Crippen molar-refractivity contribution in [1.82, 2.24) is 10.0 Å². The summed E-state index contributed by atoms with van der Waals surface area (Å²) in [6.45, 7) is 2.14. The zero-order chi connectivity index (χ0) is 6.85. The van der Waals surface area contributed by atoms with Crippen molar-refractivity contribution < 1.29 is 0 Å². The Morgan fingerprint density at radius 3 is 2.44 bits per heavy atom. The van der Waals surface area contributed by atoms with Gasteiger partial charge in [-0.05, 0) is 6.42 Å². The summed E-state index contributed by atoms with van der Waals surface area (Å²) in [6.07, 6.45) is 1.14. The summed E-state index contributed by atoms with van der Waals surface area (Å²) >= 11 is 0. The smallest absolute Gasteiger partial charge is 0.0285 e. The molecule has 1 saturated heterocycles. The van der Waals surface area contributed by atoms with Gasteiger partial charge in [0.2, 0.25) is 0 Å². The molecule has 1 rings (SSSR count). The maximum Gasteiger partial charge on any atom is 0.0285 e. The quantitative estimate of drug-likeness (QED) is 0.518. The molecule has 0 amide bonds. The number of hydrazine groups is 1. The summed E-state index contributed by atoms with van der Waals surface area (Å²) in [7, 11) is 4.11. The van der Waals surface area contributed by atoms with E-state index < -0.39 is 0 Å². The molecule has 0 radical (unpaired) electrons. The van der Waals surface area contributed by atoms with Crippen LogP contribution in [0.5, 0.6) is 0 Å². The molecule has 2 N–H and O–H groups in total. The highest BCUT2D eigenvalue weighted by molar-refractivity contribution is 4.74. The molecule has 0 spiro atoms. The standard InChI is InChI=1S/C6H15N3/c1-8(2)9-4-3-6(7)5-9/h6H,3-5,7H2,1-2H3/t6-/m1/s1. The largest absolute Gasteiger partial charge is 0.326 e. The van der Waals surface area contributed by atoms with E-state index in [-0.39, 0.29) is 0 Å². The van der Waals surface area contributed by atoms with E-state index in [1.54, 1.807) is 0 Å². The molecule has 0 aromatic rings. The van der Waals surface area contributed by atoms with Gasteiger partial charge in [0.1, 0.15) is 0 Å². The first-order chi connectivity index (χ1) is 4.20. The highest BCUT2D eigenvalue weighted by Gasteiger charge is 2.19. The molecule has 3 nitrogen and oxygen atoms in total. The van der Waals surface area contributed by atoms with Crippen LogP contribution < -0.4 is 5.73 Å². The van der Waals surface area contributed by atoms with Crippen LogP contribution in [0.2, 0.25) is 0 Å². The van der Waals surface area contributed by atoms with Crippen LogP contribution in [0.25, 0.3) is 0 Å². The topological polar surface area (TPSA) is 32.5 Å². The van der Waals surface area contributed by atoms with Crippen molar-refractivity contribution in [2.45, 2.75) is 12.5 Å². The van der Waals surface area contributed by atoms with E-state index in [9.17, 15) is 0 Å². The fourth-order valence-corrected chi connectivity index (χ4v) is 1.13. The van der Waals surface area contributed by atoms with E-state index in [0.29, 0.717) is 6.04 Å². The first-order valence-electron chi connectivity index (χ1n) is 3.38. The molecule has 0 unspecified atom stereocenters. The van der Waals surface area contributed by atoms with Gasteiger partial charge in [0.25, 0.3) is 0 Å². The number of nitrogens with zero attached hydrogens (tertiary/aromatic N) is 2. The summed E-state index contributed by atoms with van der Waals surface area (Å²) in [4.78, 5) is 0. The first-order valence-corrected chi connectivity index (χ1v) is 3.38. The summed E-state index contributed by atoms with van der Waals surface area (Å²) in [6, 6.07) is 0.396. The fourth-order valence-electron chi connectivity index (χ4n) is 1.13. The van der Waals surface area contributed by atoms with Gasteiger partial charge in [0.05, 0.1) is 0 Å². The molecule has 1 fully saturated rings. The van der Waals surface area contributed by atoms with Gasteiger partial charge in [-0.15, -0.1) is 0 Å². The van der Waals surface area contributed by atoms with E-state index in [4.69, 9.17) is 5.73 Å². The second-order valence-electron chi connectivity index (χ2n) is 2.81. The Kier molecular flexibility index (Phi) is 2.05. The molecule has 1 aliphatic heterocycles. The Morgan fingerprint density at radius 2 is 2.22 bits per heavy atom. The van der Waals surface area contributed by atoms with Crippen molar-refractivity contribution in [3.05, 3.63) is 0 Å². The van der Waals surface area contributed by atoms with Crippen LogP contribution in [0.4, 0.5) is 0 Å². The number of nitrogens with two attached hydrogens (primary N) is 1. The molecular weight excluding hydrogens is 114 g/mol. The average Bonchev–Trinajstić information content (AvgIpc) is 2.14. The molecule has 0 aliphatic carbocycles. The summed E-state index contributed by atoms with van der Waals surface area (Å²) < 4.78 is 0. The lowest BCUT2D eigenvalue weighted by atomic mass is 10.3. The third-order valence-electron chi connectivity index (χ3n) is 1.77. The summed E-state index contributed by atoms with van der Waals surface area (Å²) in [5, 5.41) is 4.36. The lowest BCUT2D eigenvalue weighted by molar-refractivity contribution is 0.0523. The van der Waals surface area contributed by atoms with Gasteiger partial charge in [-0.3, -0.25) is 0 Å². The molecule has 1 heterocycles. The second-order valence-corrected chi connectivity index (χ2v) is 2.81. The number of hydrogen-bond acceptors (Lipinski definition) is 3. The van der Waals surface area contributed by atoms with Crippen molar-refractivity contribution >= 4 is 0 Å². The maximum atomic E-state index is 5.69. The maximum absolute atomic E-state index is 5.69. The predicted molar refractivity (Wildman–Crippen MR) is 37.9 cm³/mol. The highest BCUT2D eigenvalue weighted by Crippen LogP contribution is 2.06. The van der Waals surface area contributed by atoms with Crippen molar-refractivity contribution in [2.24, 2.45) is 5.73 Å². The SMILES string of the molecule is CN(C)N1CC[C@@H](N)C1. The van der Waals surface area contributed by atoms with Gasteiger partial charge in [-0.1, -0.05) is 0 Å². The van der Waals surface area contributed by atoms with E-state index >= 15 is 0 Å². The molecule has 0 aromatic carbocycles. The molecular formula is C6H15N3. The van der Waals surface area contributed by atoms with Crippen molar-refractivity contribution in [3.63, 3.8) is 0 Å². The molecule has 3 heteroatoms. The van der Waals surface area contributed by atoms with Gasteiger partial charge in [0.15, 0.2) is 0 Å². The Balaban J connectivity index is 2.30. The monoisotopic (exact) mass is 129 g/mol. The first kappa shape index (κ1) is 6.99. The molecule has 1 aliphatic rings. The minimum Gasteiger partial charge on any atom is -0.326 e. The third kappa shape index (κ3) is 1.64. The van der Waals surface area contributed by atoms with Crippen molar-refractivity contribution in [2.75, 3.05) is 27.2 Å². The zero-order valence-corrected chi connectivity index (χ0v) is 6.17. The van der Waals surface area contributed by atoms with E-state index in [1.807, 2.05) is 0 Å². The lowest BCUT2D eigenvalue weighted by Crippen LogP contribution is -2.36. The third-order valence-corrected chi connectivity index (χ3v) is 1.77. The Morgan fingerprint density at radius 1 is 1.56 bits per heavy atom. The number of rotatable bonds is 1. The van der Waals surface area contributed by atoms with Crippen molar-refractivity contribution in [3.8, 4) is 0 Å². The van der Waals surface area contributed by atoms with Crippen LogP contribution in [0.1, 0.15) is 6.42 Å². The fraction of sp³-hybridized carbons (Fsp3) is 1.00. The van der Waals surface area contributed by atoms with Crippen LogP contribution in [-0.4, -0.2) is 43.2 Å². The summed E-state index contributed by atoms with van der Waals surface area (Å²) in [5.74, 6) is 0. The van der Waals surface area contributed by atoms with Gasteiger partial charge >= 0.3 is 0 Å². The molecule has 0 saturated carbocycles. The van der Waals surface area contributed by atoms with Gasteiger partial charge < -0.3 is 5.73 Å². The Hall–Kier alpha value is -0.120. The van der Waals surface area contributed by atoms with Crippen LogP contribution in [0, 0.1) is 0 Å². The van der Waals surface area contributed by atoms with Gasteiger partial charge in [0, 0.05) is 33.2 Å². The van der Waals surface area contributed by atoms with E-state index in [0.717, 1.165) is 19.5 Å². The van der Waals surface area contributed by atoms with Crippen LogP contribution in [-0.2, 0) is 0 Å². The van der Waals surface area contributed by atoms with Crippen LogP contribution in [0.3, 0.4) is 0 Å². The van der Waals surface area contributed by atoms with Gasteiger partial charge in [-0.2, -0.15) is 0 Å². The van der Waals surface area contributed by atoms with Crippen LogP contribution in [0.15, 0.2) is 0 Å². The van der Waals surface area contributed by atoms with Crippen LogP contribution >= 0.6 is 0 Å². The van der Waals surface area contributed by atoms with Crippen molar-refractivity contribution in [1.29, 1.82) is 0 Å². The molecule has 0 bridgehead atoms. The second kappa shape index (κ2) is 2.64. The zero-order valence-electron chi connectivity index (χ0n) is 6.17. The van der Waals surface area contributed by atoms with Gasteiger partial charge in [-0.25, -0.2) is 10.0 Å². The lowest BCUT2D eigenvalue weighted by Gasteiger charge is -2.22. The minimum absolute atomic E-state index is 0.396. The predicted octanol–water partition coefficient (Wildman–Crippen LogP) is -0.504. The van der Waals surface area contributed by atoms with E-state index in [2.05, 4.69) is 24.1 Å². The molecule has 54 valence electrons. The molecule has 9 heavy (non-hydrogen) atoms. The number of hydrogen-bond donors (Lipinski definition) is 1. The highest BCUT2D eigenvalue weighted by atomic mass is 15.6.